The minimum Gasteiger partial charge on any atom is -0.392 e. The summed E-state index contributed by atoms with van der Waals surface area (Å²) in [4.78, 5) is 19.0. The molecule has 0 atom stereocenters. The summed E-state index contributed by atoms with van der Waals surface area (Å²) in [5.74, 6) is 0.396. The van der Waals surface area contributed by atoms with E-state index in [1.54, 1.807) is 11.8 Å². The average Bonchev–Trinajstić information content (AvgIpc) is 2.85. The monoisotopic (exact) mass is 396 g/mol. The summed E-state index contributed by atoms with van der Waals surface area (Å²) >= 11 is 1.56. The molecule has 0 aliphatic carbocycles. The maximum absolute atomic E-state index is 11.4. The summed E-state index contributed by atoms with van der Waals surface area (Å²) in [5.41, 5.74) is 7.45. The molecule has 0 bridgehead atoms. The number of carbonyl (C=O) groups excluding carboxylic acids is 1. The van der Waals surface area contributed by atoms with Gasteiger partial charge < -0.3 is 20.8 Å². The number of amides is 1. The van der Waals surface area contributed by atoms with Crippen LogP contribution >= 0.6 is 11.8 Å². The number of primary amides is 1. The highest BCUT2D eigenvalue weighted by molar-refractivity contribution is 7.99. The summed E-state index contributed by atoms with van der Waals surface area (Å²) in [7, 11) is 0. The molecule has 6 nitrogen and oxygen atoms in total. The van der Waals surface area contributed by atoms with Gasteiger partial charge in [-0.3, -0.25) is 4.90 Å². The van der Waals surface area contributed by atoms with Crippen LogP contribution in [0.15, 0.2) is 58.3 Å². The quantitative estimate of drug-likeness (QED) is 0.614. The lowest BCUT2D eigenvalue weighted by Crippen LogP contribution is -2.27. The Labute approximate surface area is 168 Å². The van der Waals surface area contributed by atoms with Gasteiger partial charge in [0.1, 0.15) is 0 Å². The van der Waals surface area contributed by atoms with Gasteiger partial charge in [0.15, 0.2) is 0 Å². The van der Waals surface area contributed by atoms with E-state index in [9.17, 15) is 4.79 Å². The Morgan fingerprint density at radius 3 is 2.82 bits per heavy atom. The number of benzene rings is 2. The number of rotatable bonds is 5. The molecular formula is C21H24N4O2S. The molecular weight excluding hydrogens is 372 g/mol. The summed E-state index contributed by atoms with van der Waals surface area (Å²) in [6, 6.07) is 16.4. The van der Waals surface area contributed by atoms with E-state index in [0.717, 1.165) is 59.8 Å². The fraction of sp³-hybridized carbons (Fsp3) is 0.286. The van der Waals surface area contributed by atoms with Crippen LogP contribution in [-0.4, -0.2) is 42.2 Å². The van der Waals surface area contributed by atoms with Crippen LogP contribution in [0, 0.1) is 0 Å². The molecule has 0 saturated carbocycles. The van der Waals surface area contributed by atoms with Crippen molar-refractivity contribution in [1.29, 1.82) is 0 Å². The number of hydrogen-bond donors (Lipinski definition) is 3. The number of nitrogens with zero attached hydrogens (tertiary/aromatic N) is 1. The molecule has 28 heavy (non-hydrogen) atoms. The van der Waals surface area contributed by atoms with Gasteiger partial charge in [-0.05, 0) is 49.3 Å². The van der Waals surface area contributed by atoms with Crippen molar-refractivity contribution in [2.45, 2.75) is 22.8 Å². The summed E-state index contributed by atoms with van der Waals surface area (Å²) in [5, 5.41) is 4.48. The van der Waals surface area contributed by atoms with Crippen LogP contribution in [-0.2, 0) is 6.54 Å². The lowest BCUT2D eigenvalue weighted by molar-refractivity contribution is 0.208. The van der Waals surface area contributed by atoms with Crippen molar-refractivity contribution in [2.24, 2.45) is 5.73 Å². The van der Waals surface area contributed by atoms with E-state index in [4.69, 9.17) is 10.5 Å². The third-order valence-electron chi connectivity index (χ3n) is 4.79. The van der Waals surface area contributed by atoms with Crippen LogP contribution in [0.2, 0.25) is 0 Å². The van der Waals surface area contributed by atoms with Gasteiger partial charge in [0.2, 0.25) is 5.88 Å². The largest absolute Gasteiger partial charge is 0.411 e. The molecule has 0 spiro atoms. The molecule has 0 radical (unpaired) electrons. The second kappa shape index (κ2) is 8.68. The third-order valence-corrected chi connectivity index (χ3v) is 5.90. The normalized spacial score (nSPS) is 15.4. The molecule has 1 saturated heterocycles. The van der Waals surface area contributed by atoms with Crippen molar-refractivity contribution in [3.8, 4) is 5.88 Å². The Kier molecular flexibility index (Phi) is 5.85. The first-order chi connectivity index (χ1) is 13.7. The van der Waals surface area contributed by atoms with Gasteiger partial charge in [-0.2, -0.15) is 0 Å². The first-order valence-electron chi connectivity index (χ1n) is 9.47. The number of aromatic nitrogens is 1. The molecule has 1 aromatic heterocycles. The van der Waals surface area contributed by atoms with Gasteiger partial charge in [0.25, 0.3) is 0 Å². The minimum atomic E-state index is -0.821. The van der Waals surface area contributed by atoms with Crippen LogP contribution in [0.4, 0.5) is 4.79 Å². The van der Waals surface area contributed by atoms with Crippen molar-refractivity contribution < 1.29 is 9.53 Å². The standard InChI is InChI=1S/C21H24N4O2S/c22-21(26)27-20-19(28-16-5-2-1-3-6-16)17-13-15(7-8-18(17)24-20)14-25-11-4-9-23-10-12-25/h1-3,5-8,13,23-24H,4,9-12,14H2,(H2,22,26). The Bertz CT molecular complexity index is 950. The summed E-state index contributed by atoms with van der Waals surface area (Å²) in [6.07, 6.45) is 0.344. The summed E-state index contributed by atoms with van der Waals surface area (Å²) in [6.45, 7) is 5.16. The number of aromatic amines is 1. The number of nitrogens with one attached hydrogen (secondary N) is 2. The molecule has 0 unspecified atom stereocenters. The van der Waals surface area contributed by atoms with Gasteiger partial charge in [-0.15, -0.1) is 0 Å². The van der Waals surface area contributed by atoms with E-state index in [2.05, 4.69) is 27.3 Å². The molecule has 3 aromatic rings. The van der Waals surface area contributed by atoms with E-state index < -0.39 is 6.09 Å². The first-order valence-corrected chi connectivity index (χ1v) is 10.3. The Balaban J connectivity index is 1.67. The van der Waals surface area contributed by atoms with Crippen LogP contribution < -0.4 is 15.8 Å². The van der Waals surface area contributed by atoms with Crippen molar-refractivity contribution >= 4 is 28.8 Å². The van der Waals surface area contributed by atoms with E-state index in [1.807, 2.05) is 36.4 Å². The summed E-state index contributed by atoms with van der Waals surface area (Å²) < 4.78 is 5.25. The number of ether oxygens (including phenoxy) is 1. The predicted molar refractivity (Wildman–Crippen MR) is 112 cm³/mol. The zero-order valence-corrected chi connectivity index (χ0v) is 16.4. The van der Waals surface area contributed by atoms with Gasteiger partial charge in [0, 0.05) is 35.4 Å². The maximum Gasteiger partial charge on any atom is 0.411 e. The van der Waals surface area contributed by atoms with Gasteiger partial charge in [-0.1, -0.05) is 36.0 Å². The molecule has 1 aliphatic heterocycles. The predicted octanol–water partition coefficient (Wildman–Crippen LogP) is 3.57. The zero-order chi connectivity index (χ0) is 19.3. The second-order valence-electron chi connectivity index (χ2n) is 6.88. The average molecular weight is 397 g/mol. The van der Waals surface area contributed by atoms with Crippen LogP contribution in [0.5, 0.6) is 5.88 Å². The molecule has 7 heteroatoms. The van der Waals surface area contributed by atoms with Crippen LogP contribution in [0.1, 0.15) is 12.0 Å². The fourth-order valence-corrected chi connectivity index (χ4v) is 4.48. The molecule has 146 valence electrons. The fourth-order valence-electron chi connectivity index (χ4n) is 3.49. The van der Waals surface area contributed by atoms with Gasteiger partial charge >= 0.3 is 6.09 Å². The van der Waals surface area contributed by atoms with E-state index in [0.29, 0.717) is 5.88 Å². The highest BCUT2D eigenvalue weighted by Crippen LogP contribution is 2.41. The molecule has 2 heterocycles. The highest BCUT2D eigenvalue weighted by Gasteiger charge is 2.17. The number of nitrogens with two attached hydrogens (primary N) is 1. The molecule has 4 N–H and O–H groups in total. The van der Waals surface area contributed by atoms with Crippen molar-refractivity contribution in [2.75, 3.05) is 26.2 Å². The smallest absolute Gasteiger partial charge is 0.392 e. The van der Waals surface area contributed by atoms with Crippen molar-refractivity contribution in [3.63, 3.8) is 0 Å². The van der Waals surface area contributed by atoms with Crippen molar-refractivity contribution in [3.05, 3.63) is 54.1 Å². The van der Waals surface area contributed by atoms with E-state index >= 15 is 0 Å². The molecule has 1 aliphatic rings. The van der Waals surface area contributed by atoms with E-state index in [1.165, 1.54) is 5.56 Å². The lowest BCUT2D eigenvalue weighted by Gasteiger charge is -2.19. The van der Waals surface area contributed by atoms with Crippen molar-refractivity contribution in [1.82, 2.24) is 15.2 Å². The molecule has 1 amide bonds. The Morgan fingerprint density at radius 1 is 1.14 bits per heavy atom. The van der Waals surface area contributed by atoms with Gasteiger partial charge in [0.05, 0.1) is 4.90 Å². The molecule has 1 fully saturated rings. The lowest BCUT2D eigenvalue weighted by atomic mass is 10.1. The van der Waals surface area contributed by atoms with E-state index in [-0.39, 0.29) is 0 Å². The number of hydrogen-bond acceptors (Lipinski definition) is 5. The second-order valence-corrected chi connectivity index (χ2v) is 7.96. The van der Waals surface area contributed by atoms with Crippen LogP contribution in [0.25, 0.3) is 10.9 Å². The topological polar surface area (TPSA) is 83.4 Å². The zero-order valence-electron chi connectivity index (χ0n) is 15.6. The highest BCUT2D eigenvalue weighted by atomic mass is 32.2. The number of carbonyl (C=O) groups is 1. The molecule has 2 aromatic carbocycles. The third kappa shape index (κ3) is 4.49. The first kappa shape index (κ1) is 18.9. The van der Waals surface area contributed by atoms with Gasteiger partial charge in [-0.25, -0.2) is 4.79 Å². The Morgan fingerprint density at radius 2 is 2.00 bits per heavy atom. The van der Waals surface area contributed by atoms with Crippen LogP contribution in [0.3, 0.4) is 0 Å². The minimum absolute atomic E-state index is 0.396. The molecule has 4 rings (SSSR count). The SMILES string of the molecule is NC(=O)Oc1[nH]c2ccc(CN3CCCNCC3)cc2c1Sc1ccccc1. The number of fused-ring (bicyclic) bond motifs is 1. The maximum atomic E-state index is 11.4. The number of H-pyrrole nitrogens is 1. The Hall–Kier alpha value is -2.48.